The van der Waals surface area contributed by atoms with Gasteiger partial charge in [0.2, 0.25) is 0 Å². The first-order chi connectivity index (χ1) is 38.7. The van der Waals surface area contributed by atoms with Gasteiger partial charge < -0.3 is 14.2 Å². The van der Waals surface area contributed by atoms with Crippen LogP contribution in [0.2, 0.25) is 0 Å². The molecule has 0 aliphatic heterocycles. The van der Waals surface area contributed by atoms with Crippen molar-refractivity contribution in [3.63, 3.8) is 0 Å². The fraction of sp³-hybridized carbons (Fsp3) is 0.221. The molecule has 0 fully saturated rings. The van der Waals surface area contributed by atoms with Crippen LogP contribution in [0.25, 0.3) is 33.1 Å². The summed E-state index contributed by atoms with van der Waals surface area (Å²) >= 11 is 1.81. The Hall–Kier alpha value is -8.05. The van der Waals surface area contributed by atoms with E-state index in [2.05, 4.69) is 323 Å². The van der Waals surface area contributed by atoms with Gasteiger partial charge in [-0.3, -0.25) is 0 Å². The number of benzene rings is 10. The van der Waals surface area contributed by atoms with Gasteiger partial charge in [-0.05, 0) is 169 Å². The van der Waals surface area contributed by atoms with Crippen LogP contribution in [-0.2, 0) is 27.1 Å². The smallest absolute Gasteiger partial charge is 0.145 e. The van der Waals surface area contributed by atoms with Crippen molar-refractivity contribution in [3.8, 4) is 11.1 Å². The minimum Gasteiger partial charge on any atom is -0.455 e. The van der Waals surface area contributed by atoms with E-state index in [0.717, 1.165) is 67.2 Å². The van der Waals surface area contributed by atoms with Gasteiger partial charge in [0, 0.05) is 49.2 Å². The third kappa shape index (κ3) is 9.76. The normalized spacial score (nSPS) is 14.5. The standard InChI is InChI=1S/C77H74N2OS/c1-73(2,3)51-27-29-55(30-28-51)77(56-37-46-63(47-38-56)81-62-44-35-54(36-45-62)76(10,11)12)66-49-61(78(57-21-15-13-16-22-57)59-39-31-52(32-40-59)74(4,5)6)43-48-64(66)70-67(77)50-68(71-65-25-19-20-26-69(65)80-72(70)71)79(58-23-17-14-18-24-58)60-41-33-53(34-42-60)75(7,8)9/h13-50H,1-12H3. The third-order valence-electron chi connectivity index (χ3n) is 16.6. The van der Waals surface area contributed by atoms with Crippen molar-refractivity contribution < 1.29 is 4.42 Å². The monoisotopic (exact) mass is 1070 g/mol. The molecule has 11 aromatic rings. The fourth-order valence-corrected chi connectivity index (χ4v) is 13.0. The first-order valence-corrected chi connectivity index (χ1v) is 29.5. The molecule has 0 saturated carbocycles. The molecule has 81 heavy (non-hydrogen) atoms. The van der Waals surface area contributed by atoms with E-state index in [0.29, 0.717) is 0 Å². The first kappa shape index (κ1) is 53.6. The fourth-order valence-electron chi connectivity index (χ4n) is 12.2. The van der Waals surface area contributed by atoms with Crippen LogP contribution in [0.1, 0.15) is 128 Å². The van der Waals surface area contributed by atoms with Crippen LogP contribution in [0.15, 0.2) is 245 Å². The quantitative estimate of drug-likeness (QED) is 0.136. The lowest BCUT2D eigenvalue weighted by atomic mass is 9.67. The molecule has 10 aromatic carbocycles. The Morgan fingerprint density at radius 3 is 1.26 bits per heavy atom. The highest BCUT2D eigenvalue weighted by atomic mass is 32.2. The number of furan rings is 1. The molecule has 1 aromatic heterocycles. The Morgan fingerprint density at radius 2 is 0.753 bits per heavy atom. The lowest BCUT2D eigenvalue weighted by Gasteiger charge is -2.36. The number of anilines is 6. The van der Waals surface area contributed by atoms with Gasteiger partial charge in [0.25, 0.3) is 0 Å². The maximum absolute atomic E-state index is 7.44. The number of hydrogen-bond acceptors (Lipinski definition) is 4. The average Bonchev–Trinajstić information content (AvgIpc) is 1.88. The molecule has 1 unspecified atom stereocenters. The second kappa shape index (κ2) is 20.2. The van der Waals surface area contributed by atoms with Gasteiger partial charge in [0.1, 0.15) is 11.2 Å². The molecule has 0 N–H and O–H groups in total. The van der Waals surface area contributed by atoms with Crippen molar-refractivity contribution in [2.75, 3.05) is 9.80 Å². The van der Waals surface area contributed by atoms with Crippen molar-refractivity contribution >= 4 is 67.8 Å². The summed E-state index contributed by atoms with van der Waals surface area (Å²) in [6, 6.07) is 86.5. The topological polar surface area (TPSA) is 19.6 Å². The van der Waals surface area contributed by atoms with Crippen LogP contribution in [0.4, 0.5) is 34.1 Å². The molecular weight excluding hydrogens is 1000 g/mol. The summed E-state index contributed by atoms with van der Waals surface area (Å²) in [4.78, 5) is 7.29. The molecule has 1 aliphatic carbocycles. The minimum atomic E-state index is -0.840. The predicted molar refractivity (Wildman–Crippen MR) is 346 cm³/mol. The summed E-state index contributed by atoms with van der Waals surface area (Å²) in [5, 5.41) is 2.16. The van der Waals surface area contributed by atoms with Crippen LogP contribution in [0.5, 0.6) is 0 Å². The summed E-state index contributed by atoms with van der Waals surface area (Å²) in [5.74, 6) is 0. The lowest BCUT2D eigenvalue weighted by Crippen LogP contribution is -2.29. The van der Waals surface area contributed by atoms with Crippen LogP contribution in [-0.4, -0.2) is 0 Å². The maximum Gasteiger partial charge on any atom is 0.145 e. The molecule has 1 atom stereocenters. The molecule has 0 bridgehead atoms. The van der Waals surface area contributed by atoms with E-state index >= 15 is 0 Å². The van der Waals surface area contributed by atoms with Gasteiger partial charge in [-0.25, -0.2) is 0 Å². The minimum absolute atomic E-state index is 0.00927. The Labute approximate surface area is 485 Å². The first-order valence-electron chi connectivity index (χ1n) is 28.7. The van der Waals surface area contributed by atoms with E-state index in [-0.39, 0.29) is 21.7 Å². The van der Waals surface area contributed by atoms with Crippen molar-refractivity contribution in [2.24, 2.45) is 0 Å². The van der Waals surface area contributed by atoms with E-state index in [1.54, 1.807) is 0 Å². The third-order valence-corrected chi connectivity index (χ3v) is 17.7. The SMILES string of the molecule is CC(C)(C)c1ccc(Sc2ccc(C3(c4ccc(C(C)(C)C)cc4)c4cc(N(c5ccccc5)c5ccc(C(C)(C)C)cc5)ccc4-c4c3cc(N(c3ccccc3)c3ccc(C(C)(C)C)cc3)c3c4oc4ccccc43)cc2)cc1. The number of para-hydroxylation sites is 3. The molecule has 0 saturated heterocycles. The predicted octanol–water partition coefficient (Wildman–Crippen LogP) is 22.2. The van der Waals surface area contributed by atoms with Crippen LogP contribution in [0, 0.1) is 0 Å². The van der Waals surface area contributed by atoms with Gasteiger partial charge >= 0.3 is 0 Å². The molecule has 0 amide bonds. The number of nitrogens with zero attached hydrogens (tertiary/aromatic N) is 2. The maximum atomic E-state index is 7.44. The summed E-state index contributed by atoms with van der Waals surface area (Å²) in [5.41, 5.74) is 19.6. The Bertz CT molecular complexity index is 4060. The van der Waals surface area contributed by atoms with Crippen LogP contribution < -0.4 is 9.80 Å². The summed E-state index contributed by atoms with van der Waals surface area (Å²) in [6.07, 6.45) is 0. The van der Waals surface area contributed by atoms with E-state index < -0.39 is 5.41 Å². The number of fused-ring (bicyclic) bond motifs is 7. The zero-order chi connectivity index (χ0) is 56.6. The van der Waals surface area contributed by atoms with E-state index in [1.165, 1.54) is 54.3 Å². The van der Waals surface area contributed by atoms with Gasteiger partial charge in [-0.1, -0.05) is 228 Å². The zero-order valence-electron chi connectivity index (χ0n) is 49.2. The van der Waals surface area contributed by atoms with E-state index in [4.69, 9.17) is 4.42 Å². The van der Waals surface area contributed by atoms with Crippen molar-refractivity contribution in [2.45, 2.75) is 120 Å². The molecule has 4 heteroatoms. The second-order valence-corrected chi connectivity index (χ2v) is 27.4. The average molecular weight is 1080 g/mol. The van der Waals surface area contributed by atoms with Crippen molar-refractivity contribution in [1.82, 2.24) is 0 Å². The van der Waals surface area contributed by atoms with Gasteiger partial charge in [-0.2, -0.15) is 0 Å². The van der Waals surface area contributed by atoms with Crippen molar-refractivity contribution in [3.05, 3.63) is 275 Å². The number of hydrogen-bond donors (Lipinski definition) is 0. The second-order valence-electron chi connectivity index (χ2n) is 26.3. The Balaban J connectivity index is 1.18. The molecule has 404 valence electrons. The summed E-state index contributed by atoms with van der Waals surface area (Å²) < 4.78 is 7.44. The van der Waals surface area contributed by atoms with Gasteiger partial charge in [0.05, 0.1) is 16.5 Å². The van der Waals surface area contributed by atoms with Gasteiger partial charge in [0.15, 0.2) is 0 Å². The highest BCUT2D eigenvalue weighted by Crippen LogP contribution is 2.62. The molecule has 12 rings (SSSR count). The molecular formula is C77H74N2OS. The molecule has 0 spiro atoms. The zero-order valence-corrected chi connectivity index (χ0v) is 50.0. The van der Waals surface area contributed by atoms with Crippen LogP contribution in [0.3, 0.4) is 0 Å². The highest BCUT2D eigenvalue weighted by molar-refractivity contribution is 7.99. The Kier molecular flexibility index (Phi) is 13.4. The van der Waals surface area contributed by atoms with E-state index in [9.17, 15) is 0 Å². The molecule has 0 radical (unpaired) electrons. The molecule has 1 heterocycles. The van der Waals surface area contributed by atoms with Gasteiger partial charge in [-0.15, -0.1) is 0 Å². The summed E-state index contributed by atoms with van der Waals surface area (Å²) in [6.45, 7) is 27.4. The summed E-state index contributed by atoms with van der Waals surface area (Å²) in [7, 11) is 0. The molecule has 1 aliphatic rings. The number of rotatable bonds is 10. The Morgan fingerprint density at radius 1 is 0.358 bits per heavy atom. The largest absolute Gasteiger partial charge is 0.455 e. The molecule has 3 nitrogen and oxygen atoms in total. The highest BCUT2D eigenvalue weighted by Gasteiger charge is 2.49. The van der Waals surface area contributed by atoms with Crippen molar-refractivity contribution in [1.29, 1.82) is 0 Å². The van der Waals surface area contributed by atoms with Crippen LogP contribution >= 0.6 is 11.8 Å². The van der Waals surface area contributed by atoms with E-state index in [1.807, 2.05) is 11.8 Å². The lowest BCUT2D eigenvalue weighted by molar-refractivity contribution is 0.589.